The molecule has 0 rings (SSSR count). The van der Waals surface area contributed by atoms with Gasteiger partial charge in [0.1, 0.15) is 0 Å². The Labute approximate surface area is 63.7 Å². The lowest BCUT2D eigenvalue weighted by atomic mass is 10.1. The van der Waals surface area contributed by atoms with E-state index in [9.17, 15) is 0 Å². The molecule has 60 valence electrons. The summed E-state index contributed by atoms with van der Waals surface area (Å²) in [6.45, 7) is 12.2. The molecule has 0 aliphatic rings. The highest BCUT2D eigenvalue weighted by atomic mass is 15.4. The Kier molecular flexibility index (Phi) is 3.43. The van der Waals surface area contributed by atoms with Crippen LogP contribution >= 0.6 is 0 Å². The summed E-state index contributed by atoms with van der Waals surface area (Å²) in [7, 11) is 0. The van der Waals surface area contributed by atoms with Gasteiger partial charge in [0.05, 0.1) is 0 Å². The van der Waals surface area contributed by atoms with Crippen LogP contribution in [0.4, 0.5) is 0 Å². The number of hydrogen-bond donors (Lipinski definition) is 1. The van der Waals surface area contributed by atoms with Crippen molar-refractivity contribution in [2.45, 2.75) is 33.7 Å². The molecule has 0 saturated carbocycles. The van der Waals surface area contributed by atoms with Gasteiger partial charge < -0.3 is 5.01 Å². The third-order valence-electron chi connectivity index (χ3n) is 1.55. The van der Waals surface area contributed by atoms with Crippen LogP contribution in [0.2, 0.25) is 0 Å². The highest BCUT2D eigenvalue weighted by Gasteiger charge is 2.08. The fourth-order valence-corrected chi connectivity index (χ4v) is 0.630. The second-order valence-electron chi connectivity index (χ2n) is 3.15. The van der Waals surface area contributed by atoms with E-state index >= 15 is 0 Å². The average molecular weight is 142 g/mol. The van der Waals surface area contributed by atoms with Crippen molar-refractivity contribution in [3.8, 4) is 0 Å². The summed E-state index contributed by atoms with van der Waals surface area (Å²) >= 11 is 0. The van der Waals surface area contributed by atoms with E-state index in [1.165, 1.54) is 0 Å². The third kappa shape index (κ3) is 2.40. The van der Waals surface area contributed by atoms with Gasteiger partial charge >= 0.3 is 0 Å². The standard InChI is InChI=1S/C8H18N2/c1-6(2)8(5)10(9)7(3)4/h6-7H,5,9H2,1-4H3. The van der Waals surface area contributed by atoms with Gasteiger partial charge in [0, 0.05) is 11.7 Å². The van der Waals surface area contributed by atoms with Crippen LogP contribution in [0.3, 0.4) is 0 Å². The maximum absolute atomic E-state index is 5.69. The molecule has 0 heterocycles. The van der Waals surface area contributed by atoms with Gasteiger partial charge in [-0.3, -0.25) is 0 Å². The van der Waals surface area contributed by atoms with Crippen molar-refractivity contribution in [1.82, 2.24) is 5.01 Å². The molecule has 0 unspecified atom stereocenters. The van der Waals surface area contributed by atoms with Gasteiger partial charge in [-0.05, 0) is 19.8 Å². The quantitative estimate of drug-likeness (QED) is 0.480. The fraction of sp³-hybridized carbons (Fsp3) is 0.750. The van der Waals surface area contributed by atoms with Crippen molar-refractivity contribution < 1.29 is 0 Å². The van der Waals surface area contributed by atoms with Gasteiger partial charge in [0.15, 0.2) is 0 Å². The lowest BCUT2D eigenvalue weighted by Gasteiger charge is -2.27. The summed E-state index contributed by atoms with van der Waals surface area (Å²) in [5, 5.41) is 1.71. The molecule has 0 aliphatic heterocycles. The van der Waals surface area contributed by atoms with Gasteiger partial charge in [-0.1, -0.05) is 20.4 Å². The van der Waals surface area contributed by atoms with Gasteiger partial charge in [-0.2, -0.15) is 0 Å². The van der Waals surface area contributed by atoms with Crippen molar-refractivity contribution in [3.63, 3.8) is 0 Å². The second-order valence-corrected chi connectivity index (χ2v) is 3.15. The van der Waals surface area contributed by atoms with E-state index < -0.39 is 0 Å². The molecule has 0 aromatic heterocycles. The zero-order valence-corrected chi connectivity index (χ0v) is 7.39. The number of hydrazine groups is 1. The van der Waals surface area contributed by atoms with Crippen LogP contribution in [0.5, 0.6) is 0 Å². The molecule has 0 saturated heterocycles. The molecular formula is C8H18N2. The number of rotatable bonds is 3. The number of allylic oxidation sites excluding steroid dienone is 1. The number of nitrogens with two attached hydrogens (primary N) is 1. The Morgan fingerprint density at radius 1 is 1.30 bits per heavy atom. The molecule has 2 nitrogen and oxygen atoms in total. The van der Waals surface area contributed by atoms with Crippen LogP contribution in [0, 0.1) is 5.92 Å². The highest BCUT2D eigenvalue weighted by molar-refractivity contribution is 4.95. The minimum atomic E-state index is 0.342. The summed E-state index contributed by atoms with van der Waals surface area (Å²) in [6.07, 6.45) is 0. The first-order valence-electron chi connectivity index (χ1n) is 3.69. The molecule has 0 fully saturated rings. The van der Waals surface area contributed by atoms with Crippen LogP contribution in [0.25, 0.3) is 0 Å². The summed E-state index contributed by atoms with van der Waals surface area (Å²) in [4.78, 5) is 0. The molecule has 0 aromatic rings. The summed E-state index contributed by atoms with van der Waals surface area (Å²) in [5.41, 5.74) is 0.995. The molecule has 0 bridgehead atoms. The Morgan fingerprint density at radius 3 is 1.80 bits per heavy atom. The molecule has 0 aliphatic carbocycles. The minimum Gasteiger partial charge on any atom is -0.313 e. The molecule has 0 spiro atoms. The topological polar surface area (TPSA) is 29.3 Å². The van der Waals surface area contributed by atoms with E-state index in [2.05, 4.69) is 20.4 Å². The first-order valence-corrected chi connectivity index (χ1v) is 3.69. The molecular weight excluding hydrogens is 124 g/mol. The third-order valence-corrected chi connectivity index (χ3v) is 1.55. The van der Waals surface area contributed by atoms with Gasteiger partial charge in [0.2, 0.25) is 0 Å². The Balaban J connectivity index is 3.95. The minimum absolute atomic E-state index is 0.342. The smallest absolute Gasteiger partial charge is 0.0392 e. The van der Waals surface area contributed by atoms with Crippen LogP contribution < -0.4 is 5.84 Å². The van der Waals surface area contributed by atoms with Crippen molar-refractivity contribution in [2.24, 2.45) is 11.8 Å². The molecule has 0 radical (unpaired) electrons. The van der Waals surface area contributed by atoms with E-state index in [4.69, 9.17) is 5.84 Å². The first-order chi connectivity index (χ1) is 4.46. The second kappa shape index (κ2) is 3.62. The molecule has 2 heteroatoms. The van der Waals surface area contributed by atoms with E-state index in [1.54, 1.807) is 5.01 Å². The Hall–Kier alpha value is -0.500. The lowest BCUT2D eigenvalue weighted by Crippen LogP contribution is -2.37. The predicted octanol–water partition coefficient (Wildman–Crippen LogP) is 1.74. The molecule has 0 aromatic carbocycles. The monoisotopic (exact) mass is 142 g/mol. The summed E-state index contributed by atoms with van der Waals surface area (Å²) in [5.74, 6) is 6.13. The lowest BCUT2D eigenvalue weighted by molar-refractivity contribution is 0.268. The molecule has 2 N–H and O–H groups in total. The Bertz CT molecular complexity index is 116. The molecule has 10 heavy (non-hydrogen) atoms. The summed E-state index contributed by atoms with van der Waals surface area (Å²) in [6, 6.07) is 0.342. The fourth-order valence-electron chi connectivity index (χ4n) is 0.630. The largest absolute Gasteiger partial charge is 0.313 e. The average Bonchev–Trinajstić information content (AvgIpc) is 1.84. The number of hydrogen-bond acceptors (Lipinski definition) is 2. The van der Waals surface area contributed by atoms with Crippen molar-refractivity contribution in [3.05, 3.63) is 12.3 Å². The zero-order chi connectivity index (χ0) is 8.31. The van der Waals surface area contributed by atoms with Crippen LogP contribution in [-0.2, 0) is 0 Å². The summed E-state index contributed by atoms with van der Waals surface area (Å²) < 4.78 is 0. The van der Waals surface area contributed by atoms with Crippen LogP contribution in [0.1, 0.15) is 27.7 Å². The maximum Gasteiger partial charge on any atom is 0.0392 e. The maximum atomic E-state index is 5.69. The predicted molar refractivity (Wildman–Crippen MR) is 45.1 cm³/mol. The Morgan fingerprint density at radius 2 is 1.70 bits per heavy atom. The first kappa shape index (κ1) is 9.50. The molecule has 0 atom stereocenters. The van der Waals surface area contributed by atoms with Crippen molar-refractivity contribution in [2.75, 3.05) is 0 Å². The number of nitrogens with zero attached hydrogens (tertiary/aromatic N) is 1. The van der Waals surface area contributed by atoms with Crippen molar-refractivity contribution in [1.29, 1.82) is 0 Å². The van der Waals surface area contributed by atoms with Crippen LogP contribution in [0.15, 0.2) is 12.3 Å². The SMILES string of the molecule is C=C(C(C)C)N(N)C(C)C. The van der Waals surface area contributed by atoms with Gasteiger partial charge in [0.25, 0.3) is 0 Å². The van der Waals surface area contributed by atoms with Gasteiger partial charge in [-0.15, -0.1) is 0 Å². The highest BCUT2D eigenvalue weighted by Crippen LogP contribution is 2.10. The van der Waals surface area contributed by atoms with Crippen LogP contribution in [-0.4, -0.2) is 11.1 Å². The van der Waals surface area contributed by atoms with Gasteiger partial charge in [-0.25, -0.2) is 5.84 Å². The van der Waals surface area contributed by atoms with E-state index in [0.717, 1.165) is 5.70 Å². The normalized spacial score (nSPS) is 10.7. The van der Waals surface area contributed by atoms with E-state index in [0.29, 0.717) is 12.0 Å². The molecule has 0 amide bonds. The van der Waals surface area contributed by atoms with E-state index in [1.807, 2.05) is 13.8 Å². The van der Waals surface area contributed by atoms with Crippen molar-refractivity contribution >= 4 is 0 Å². The van der Waals surface area contributed by atoms with E-state index in [-0.39, 0.29) is 0 Å². The zero-order valence-electron chi connectivity index (χ0n) is 7.39.